The topological polar surface area (TPSA) is 171 Å². The number of nitrogens with zero attached hydrogens (tertiary/aromatic N) is 1. The minimum absolute atomic E-state index is 0.0992. The number of unbranched alkanes of at least 4 members (excludes halogenated alkanes) is 2. The molecule has 0 aromatic heterocycles. The lowest BCUT2D eigenvalue weighted by Crippen LogP contribution is -2.44. The molecule has 1 rings (SSSR count). The van der Waals surface area contributed by atoms with Gasteiger partial charge in [0.15, 0.2) is 7.85 Å². The Morgan fingerprint density at radius 1 is 0.735 bits per heavy atom. The van der Waals surface area contributed by atoms with Crippen molar-refractivity contribution in [3.8, 4) is 0 Å². The number of carbonyl (C=O) groups is 7. The van der Waals surface area contributed by atoms with Crippen LogP contribution in [0.5, 0.6) is 0 Å². The Morgan fingerprint density at radius 3 is 1.82 bits per heavy atom. The van der Waals surface area contributed by atoms with Gasteiger partial charge in [-0.05, 0) is 25.0 Å². The molecule has 0 aromatic carbocycles. The zero-order valence-corrected chi connectivity index (χ0v) is 19.5. The van der Waals surface area contributed by atoms with Crippen LogP contribution in [0.1, 0.15) is 32.1 Å². The molecule has 34 heavy (non-hydrogen) atoms. The summed E-state index contributed by atoms with van der Waals surface area (Å²) < 4.78 is 0. The molecule has 184 valence electrons. The average Bonchev–Trinajstić information content (AvgIpc) is 3.11. The molecule has 1 aliphatic heterocycles. The van der Waals surface area contributed by atoms with Gasteiger partial charge in [-0.25, -0.2) is 0 Å². The molecule has 2 radical (unpaired) electrons. The monoisotopic (exact) mass is 493 g/mol. The van der Waals surface area contributed by atoms with E-state index in [0.717, 1.165) is 42.1 Å². The summed E-state index contributed by atoms with van der Waals surface area (Å²) >= 11 is 1.52. The molecule has 12 nitrogen and oxygen atoms in total. The molecule has 0 aromatic rings. The molecule has 0 unspecified atom stereocenters. The van der Waals surface area contributed by atoms with Crippen LogP contribution in [0.3, 0.4) is 0 Å². The van der Waals surface area contributed by atoms with E-state index >= 15 is 0 Å². The van der Waals surface area contributed by atoms with Gasteiger partial charge in [0.2, 0.25) is 23.6 Å². The highest BCUT2D eigenvalue weighted by atomic mass is 32.2. The first-order valence-electron chi connectivity index (χ1n) is 10.7. The fraction of sp³-hybridized carbons (Fsp3) is 0.550. The van der Waals surface area contributed by atoms with Crippen molar-refractivity contribution in [2.45, 2.75) is 32.1 Å². The number of carbonyl (C=O) groups excluding carboxylic acids is 7. The lowest BCUT2D eigenvalue weighted by Gasteiger charge is -2.13. The molecular weight excluding hydrogens is 465 g/mol. The van der Waals surface area contributed by atoms with Crippen LogP contribution in [-0.2, 0) is 33.6 Å². The highest BCUT2D eigenvalue weighted by Crippen LogP contribution is 2.06. The quantitative estimate of drug-likeness (QED) is 0.0759. The fourth-order valence-electron chi connectivity index (χ4n) is 2.56. The highest BCUT2D eigenvalue weighted by Gasteiger charge is 2.23. The molecule has 14 heteroatoms. The predicted octanol–water partition coefficient (Wildman–Crippen LogP) is -2.29. The van der Waals surface area contributed by atoms with Crippen molar-refractivity contribution in [1.82, 2.24) is 26.2 Å². The SMILES string of the molecule is [B]C(=O)CCCCCSCNC(=O)CNC(=O)CNC(=O)CNC(=O)CCN1C(=O)C=CC1=O. The Morgan fingerprint density at radius 2 is 1.26 bits per heavy atom. The molecule has 4 N–H and O–H groups in total. The van der Waals surface area contributed by atoms with Crippen molar-refractivity contribution in [1.29, 1.82) is 0 Å². The summed E-state index contributed by atoms with van der Waals surface area (Å²) in [5.41, 5.74) is -0.311. The van der Waals surface area contributed by atoms with Crippen LogP contribution >= 0.6 is 11.8 Å². The Kier molecular flexibility index (Phi) is 14.0. The Labute approximate surface area is 202 Å². The first-order valence-corrected chi connectivity index (χ1v) is 11.8. The normalized spacial score (nSPS) is 12.4. The molecule has 0 saturated heterocycles. The third kappa shape index (κ3) is 13.4. The van der Waals surface area contributed by atoms with Gasteiger partial charge in [0, 0.05) is 25.1 Å². The van der Waals surface area contributed by atoms with Crippen LogP contribution in [0, 0.1) is 0 Å². The molecule has 1 heterocycles. The van der Waals surface area contributed by atoms with E-state index in [1.54, 1.807) is 0 Å². The van der Waals surface area contributed by atoms with Crippen LogP contribution < -0.4 is 21.3 Å². The smallest absolute Gasteiger partial charge is 0.253 e. The van der Waals surface area contributed by atoms with Crippen molar-refractivity contribution >= 4 is 60.7 Å². The van der Waals surface area contributed by atoms with Crippen molar-refractivity contribution in [2.75, 3.05) is 37.8 Å². The van der Waals surface area contributed by atoms with Crippen molar-refractivity contribution in [2.24, 2.45) is 0 Å². The van der Waals surface area contributed by atoms with Gasteiger partial charge in [-0.15, -0.1) is 11.8 Å². The summed E-state index contributed by atoms with van der Waals surface area (Å²) in [7, 11) is 5.05. The van der Waals surface area contributed by atoms with Gasteiger partial charge in [0.1, 0.15) is 0 Å². The third-order valence-electron chi connectivity index (χ3n) is 4.38. The second kappa shape index (κ2) is 16.5. The van der Waals surface area contributed by atoms with Gasteiger partial charge in [-0.2, -0.15) is 0 Å². The minimum atomic E-state index is -0.616. The Bertz CT molecular complexity index is 803. The predicted molar refractivity (Wildman–Crippen MR) is 124 cm³/mol. The highest BCUT2D eigenvalue weighted by molar-refractivity contribution is 7.99. The number of nitrogens with one attached hydrogen (secondary N) is 4. The standard InChI is InChI=1S/C20H28BN5O7S/c21-14(27)4-2-1-3-9-34-13-25-18(31)12-24-17(30)11-23-16(29)10-22-15(28)7-8-26-19(32)5-6-20(26)33/h5-6H,1-4,7-13H2,(H,22,28)(H,23,29)(H,24,30)(H,25,31). The molecule has 0 spiro atoms. The summed E-state index contributed by atoms with van der Waals surface area (Å²) in [6.07, 6.45) is 4.97. The zero-order valence-electron chi connectivity index (χ0n) is 18.7. The molecule has 0 atom stereocenters. The van der Waals surface area contributed by atoms with Gasteiger partial charge in [0.05, 0.1) is 31.2 Å². The van der Waals surface area contributed by atoms with E-state index in [9.17, 15) is 33.6 Å². The molecule has 0 aliphatic carbocycles. The van der Waals surface area contributed by atoms with Gasteiger partial charge < -0.3 is 26.1 Å². The molecular formula is C20H28BN5O7S. The Hall–Kier alpha value is -3.16. The van der Waals surface area contributed by atoms with Gasteiger partial charge >= 0.3 is 0 Å². The summed E-state index contributed by atoms with van der Waals surface area (Å²) in [5, 5.41) is 9.61. The maximum Gasteiger partial charge on any atom is 0.253 e. The van der Waals surface area contributed by atoms with E-state index in [-0.39, 0.29) is 44.2 Å². The zero-order chi connectivity index (χ0) is 25.3. The largest absolute Gasteiger partial charge is 0.347 e. The first kappa shape index (κ1) is 28.9. The lowest BCUT2D eigenvalue weighted by molar-refractivity contribution is -0.137. The third-order valence-corrected chi connectivity index (χ3v) is 5.31. The summed E-state index contributed by atoms with van der Waals surface area (Å²) in [4.78, 5) is 81.1. The number of hydrogen-bond donors (Lipinski definition) is 4. The Balaban J connectivity index is 2.02. The molecule has 6 amide bonds. The van der Waals surface area contributed by atoms with Crippen molar-refractivity contribution in [3.05, 3.63) is 12.2 Å². The molecule has 0 fully saturated rings. The van der Waals surface area contributed by atoms with Crippen LogP contribution in [0.15, 0.2) is 12.2 Å². The second-order valence-electron chi connectivity index (χ2n) is 7.17. The van der Waals surface area contributed by atoms with Crippen molar-refractivity contribution < 1.29 is 33.6 Å². The summed E-state index contributed by atoms with van der Waals surface area (Å²) in [6.45, 7) is -1.09. The van der Waals surface area contributed by atoms with Crippen LogP contribution in [-0.4, -0.2) is 91.7 Å². The van der Waals surface area contributed by atoms with E-state index in [0.29, 0.717) is 12.3 Å². The number of imide groups is 1. The number of hydrogen-bond acceptors (Lipinski definition) is 8. The summed E-state index contributed by atoms with van der Waals surface area (Å²) in [6, 6.07) is 0. The molecule has 0 bridgehead atoms. The number of thioether (sulfide) groups is 1. The number of rotatable bonds is 17. The van der Waals surface area contributed by atoms with E-state index in [1.807, 2.05) is 0 Å². The van der Waals surface area contributed by atoms with Gasteiger partial charge in [-0.1, -0.05) is 6.42 Å². The van der Waals surface area contributed by atoms with Crippen LogP contribution in [0.25, 0.3) is 0 Å². The number of amides is 6. The first-order chi connectivity index (χ1) is 16.2. The minimum Gasteiger partial charge on any atom is -0.347 e. The lowest BCUT2D eigenvalue weighted by atomic mass is 9.97. The van der Waals surface area contributed by atoms with E-state index < -0.39 is 29.5 Å². The maximum atomic E-state index is 11.7. The van der Waals surface area contributed by atoms with E-state index in [1.165, 1.54) is 11.8 Å². The maximum absolute atomic E-state index is 11.7. The second-order valence-corrected chi connectivity index (χ2v) is 8.28. The summed E-state index contributed by atoms with van der Waals surface area (Å²) in [5.74, 6) is -1.89. The van der Waals surface area contributed by atoms with Crippen LogP contribution in [0.4, 0.5) is 0 Å². The van der Waals surface area contributed by atoms with E-state index in [4.69, 9.17) is 7.85 Å². The molecule has 0 saturated carbocycles. The fourth-order valence-corrected chi connectivity index (χ4v) is 3.38. The van der Waals surface area contributed by atoms with Gasteiger partial charge in [-0.3, -0.25) is 33.7 Å². The van der Waals surface area contributed by atoms with E-state index in [2.05, 4.69) is 21.3 Å². The molecule has 1 aliphatic rings. The van der Waals surface area contributed by atoms with Crippen molar-refractivity contribution in [3.63, 3.8) is 0 Å². The van der Waals surface area contributed by atoms with Crippen LogP contribution in [0.2, 0.25) is 0 Å². The average molecular weight is 493 g/mol. The van der Waals surface area contributed by atoms with Gasteiger partial charge in [0.25, 0.3) is 11.8 Å².